The molecule has 37 heavy (non-hydrogen) atoms. The molecule has 0 aliphatic carbocycles. The van der Waals surface area contributed by atoms with Crippen LogP contribution >= 0.6 is 0 Å². The van der Waals surface area contributed by atoms with E-state index in [0.29, 0.717) is 6.42 Å². The van der Waals surface area contributed by atoms with Crippen molar-refractivity contribution in [2.45, 2.75) is 84.0 Å². The van der Waals surface area contributed by atoms with Gasteiger partial charge >= 0.3 is 11.9 Å². The van der Waals surface area contributed by atoms with Gasteiger partial charge in [-0.3, -0.25) is 19.2 Å². The van der Waals surface area contributed by atoms with Crippen LogP contribution in [0.25, 0.3) is 0 Å². The zero-order chi connectivity index (χ0) is 28.1. The third kappa shape index (κ3) is 12.4. The minimum absolute atomic E-state index is 0.0417. The van der Waals surface area contributed by atoms with Crippen LogP contribution in [0.2, 0.25) is 0 Å². The van der Waals surface area contributed by atoms with Gasteiger partial charge in [0.05, 0.1) is 6.04 Å². The lowest BCUT2D eigenvalue weighted by molar-refractivity contribution is -0.143. The van der Waals surface area contributed by atoms with Crippen molar-refractivity contribution >= 4 is 29.7 Å². The molecule has 1 rings (SSSR count). The number of carbonyl (C=O) groups is 5. The summed E-state index contributed by atoms with van der Waals surface area (Å²) in [6.07, 6.45) is 0.0250. The first-order valence-electron chi connectivity index (χ1n) is 12.4. The topological polar surface area (TPSA) is 188 Å². The van der Waals surface area contributed by atoms with Crippen molar-refractivity contribution in [1.29, 1.82) is 0 Å². The molecule has 0 aliphatic rings. The van der Waals surface area contributed by atoms with E-state index in [0.717, 1.165) is 5.56 Å². The van der Waals surface area contributed by atoms with Gasteiger partial charge in [-0.1, -0.05) is 58.0 Å². The SMILES string of the molecule is CC(C)CC(N)C(=O)NC(Cc1ccccc1)C(=O)NC(CC(C)C)C(=O)NC(CCC(=O)O)C(=O)O. The minimum atomic E-state index is -1.43. The van der Waals surface area contributed by atoms with E-state index in [1.807, 2.05) is 33.8 Å². The summed E-state index contributed by atoms with van der Waals surface area (Å²) in [5, 5.41) is 25.9. The second-order valence-electron chi connectivity index (χ2n) is 10.0. The van der Waals surface area contributed by atoms with Crippen LogP contribution in [0, 0.1) is 11.8 Å². The number of nitrogens with two attached hydrogens (primary N) is 1. The second-order valence-corrected chi connectivity index (χ2v) is 10.0. The van der Waals surface area contributed by atoms with Gasteiger partial charge < -0.3 is 31.9 Å². The van der Waals surface area contributed by atoms with E-state index in [1.165, 1.54) is 0 Å². The van der Waals surface area contributed by atoms with E-state index in [-0.39, 0.29) is 31.1 Å². The number of carboxylic acid groups (broad SMARTS) is 2. The monoisotopic (exact) mass is 520 g/mol. The Morgan fingerprint density at radius 1 is 0.757 bits per heavy atom. The van der Waals surface area contributed by atoms with E-state index in [2.05, 4.69) is 16.0 Å². The van der Waals surface area contributed by atoms with Crippen molar-refractivity contribution in [3.05, 3.63) is 35.9 Å². The van der Waals surface area contributed by atoms with E-state index in [9.17, 15) is 29.1 Å². The molecule has 4 unspecified atom stereocenters. The van der Waals surface area contributed by atoms with Gasteiger partial charge in [-0.15, -0.1) is 0 Å². The summed E-state index contributed by atoms with van der Waals surface area (Å²) < 4.78 is 0. The molecule has 7 N–H and O–H groups in total. The molecular formula is C26H40N4O7. The van der Waals surface area contributed by atoms with Crippen LogP contribution in [0.1, 0.15) is 58.9 Å². The van der Waals surface area contributed by atoms with Gasteiger partial charge in [0.15, 0.2) is 0 Å². The molecule has 0 bridgehead atoms. The van der Waals surface area contributed by atoms with Gasteiger partial charge in [0.1, 0.15) is 18.1 Å². The van der Waals surface area contributed by atoms with Crippen molar-refractivity contribution in [1.82, 2.24) is 16.0 Å². The molecule has 0 saturated carbocycles. The number of hydrogen-bond donors (Lipinski definition) is 6. The largest absolute Gasteiger partial charge is 0.481 e. The molecule has 0 aliphatic heterocycles. The fourth-order valence-electron chi connectivity index (χ4n) is 3.73. The molecule has 0 saturated heterocycles. The van der Waals surface area contributed by atoms with Crippen LogP contribution in [0.4, 0.5) is 0 Å². The molecule has 0 heterocycles. The number of benzene rings is 1. The number of aliphatic carboxylic acids is 2. The highest BCUT2D eigenvalue weighted by Crippen LogP contribution is 2.10. The maximum absolute atomic E-state index is 13.3. The van der Waals surface area contributed by atoms with E-state index in [4.69, 9.17) is 10.8 Å². The molecule has 4 atom stereocenters. The van der Waals surface area contributed by atoms with Crippen molar-refractivity contribution in [2.75, 3.05) is 0 Å². The molecule has 0 spiro atoms. The number of rotatable bonds is 16. The van der Waals surface area contributed by atoms with Crippen LogP contribution in [-0.4, -0.2) is 64.0 Å². The van der Waals surface area contributed by atoms with E-state index >= 15 is 0 Å². The van der Waals surface area contributed by atoms with Gasteiger partial charge in [0, 0.05) is 12.8 Å². The first-order chi connectivity index (χ1) is 17.3. The average molecular weight is 521 g/mol. The Labute approximate surface area is 217 Å². The molecule has 1 aromatic rings. The fraction of sp³-hybridized carbons (Fsp3) is 0.577. The quantitative estimate of drug-likeness (QED) is 0.186. The molecule has 3 amide bonds. The molecule has 0 radical (unpaired) electrons. The Bertz CT molecular complexity index is 921. The molecule has 1 aromatic carbocycles. The second kappa shape index (κ2) is 15.6. The lowest BCUT2D eigenvalue weighted by Gasteiger charge is -2.26. The average Bonchev–Trinajstić information content (AvgIpc) is 2.80. The van der Waals surface area contributed by atoms with Gasteiger partial charge in [-0.25, -0.2) is 4.79 Å². The number of nitrogens with one attached hydrogen (secondary N) is 3. The lowest BCUT2D eigenvalue weighted by atomic mass is 9.99. The Balaban J connectivity index is 3.09. The van der Waals surface area contributed by atoms with Crippen molar-refractivity contribution < 1.29 is 34.2 Å². The van der Waals surface area contributed by atoms with E-state index < -0.39 is 60.2 Å². The maximum Gasteiger partial charge on any atom is 0.326 e. The smallest absolute Gasteiger partial charge is 0.326 e. The number of carboxylic acids is 2. The fourth-order valence-corrected chi connectivity index (χ4v) is 3.73. The molecule has 206 valence electrons. The van der Waals surface area contributed by atoms with Gasteiger partial charge in [0.25, 0.3) is 0 Å². The zero-order valence-corrected chi connectivity index (χ0v) is 21.9. The van der Waals surface area contributed by atoms with Gasteiger partial charge in [0.2, 0.25) is 17.7 Å². The van der Waals surface area contributed by atoms with Crippen LogP contribution in [0.3, 0.4) is 0 Å². The highest BCUT2D eigenvalue weighted by molar-refractivity contribution is 5.94. The Morgan fingerprint density at radius 2 is 1.27 bits per heavy atom. The third-order valence-corrected chi connectivity index (χ3v) is 5.58. The van der Waals surface area contributed by atoms with Crippen molar-refractivity contribution in [3.63, 3.8) is 0 Å². The predicted octanol–water partition coefficient (Wildman–Crippen LogP) is 1.05. The van der Waals surface area contributed by atoms with E-state index in [1.54, 1.807) is 24.3 Å². The summed E-state index contributed by atoms with van der Waals surface area (Å²) in [7, 11) is 0. The summed E-state index contributed by atoms with van der Waals surface area (Å²) in [4.78, 5) is 61.4. The highest BCUT2D eigenvalue weighted by Gasteiger charge is 2.31. The Morgan fingerprint density at radius 3 is 1.78 bits per heavy atom. The number of carbonyl (C=O) groups excluding carboxylic acids is 3. The molecule has 11 heteroatoms. The molecule has 0 aromatic heterocycles. The summed E-state index contributed by atoms with van der Waals surface area (Å²) in [6.45, 7) is 7.52. The number of hydrogen-bond acceptors (Lipinski definition) is 6. The van der Waals surface area contributed by atoms with Gasteiger partial charge in [-0.05, 0) is 36.7 Å². The molecular weight excluding hydrogens is 480 g/mol. The first-order valence-corrected chi connectivity index (χ1v) is 12.4. The van der Waals surface area contributed by atoms with Crippen LogP contribution in [0.5, 0.6) is 0 Å². The van der Waals surface area contributed by atoms with Gasteiger partial charge in [-0.2, -0.15) is 0 Å². The Hall–Kier alpha value is -3.47. The lowest BCUT2D eigenvalue weighted by Crippen LogP contribution is -2.58. The van der Waals surface area contributed by atoms with Crippen molar-refractivity contribution in [2.24, 2.45) is 17.6 Å². The Kier molecular flexibility index (Phi) is 13.3. The summed E-state index contributed by atoms with van der Waals surface area (Å²) in [5.74, 6) is -4.30. The minimum Gasteiger partial charge on any atom is -0.481 e. The normalized spacial score (nSPS) is 14.4. The maximum atomic E-state index is 13.3. The third-order valence-electron chi connectivity index (χ3n) is 5.58. The summed E-state index contributed by atoms with van der Waals surface area (Å²) >= 11 is 0. The molecule has 11 nitrogen and oxygen atoms in total. The zero-order valence-electron chi connectivity index (χ0n) is 21.9. The highest BCUT2D eigenvalue weighted by atomic mass is 16.4. The van der Waals surface area contributed by atoms with Crippen LogP contribution in [0.15, 0.2) is 30.3 Å². The van der Waals surface area contributed by atoms with Crippen molar-refractivity contribution in [3.8, 4) is 0 Å². The van der Waals surface area contributed by atoms with Crippen LogP contribution < -0.4 is 21.7 Å². The predicted molar refractivity (Wildman–Crippen MR) is 137 cm³/mol. The molecule has 0 fully saturated rings. The van der Waals surface area contributed by atoms with Crippen LogP contribution in [-0.2, 0) is 30.4 Å². The number of amides is 3. The first kappa shape index (κ1) is 31.6. The summed E-state index contributed by atoms with van der Waals surface area (Å²) in [6, 6.07) is 4.66. The standard InChI is InChI=1S/C26H40N4O7/c1-15(2)12-18(27)23(33)29-21(14-17-8-6-5-7-9-17)25(35)30-20(13-16(3)4)24(34)28-19(26(36)37)10-11-22(31)32/h5-9,15-16,18-21H,10-14,27H2,1-4H3,(H,28,34)(H,29,33)(H,30,35)(H,31,32)(H,36,37). The summed E-state index contributed by atoms with van der Waals surface area (Å²) in [5.41, 5.74) is 6.79.